The van der Waals surface area contributed by atoms with Gasteiger partial charge in [-0.2, -0.15) is 0 Å². The Balaban J connectivity index is 1.85. The van der Waals surface area contributed by atoms with E-state index in [2.05, 4.69) is 30.3 Å². The molecule has 0 fully saturated rings. The van der Waals surface area contributed by atoms with Crippen molar-refractivity contribution >= 4 is 11.6 Å². The molecule has 0 saturated heterocycles. The first kappa shape index (κ1) is 14.6. The normalized spacial score (nSPS) is 10.6. The van der Waals surface area contributed by atoms with Crippen molar-refractivity contribution in [2.24, 2.45) is 0 Å². The van der Waals surface area contributed by atoms with Crippen LogP contribution < -0.4 is 0 Å². The Hall–Kier alpha value is -0.490. The second-order valence-corrected chi connectivity index (χ2v) is 5.13. The summed E-state index contributed by atoms with van der Waals surface area (Å²) in [6, 6.07) is 10.8. The molecule has 0 nitrogen and oxygen atoms in total. The quantitative estimate of drug-likeness (QED) is 0.376. The Kier molecular flexibility index (Phi) is 9.13. The number of unbranched alkanes of at least 4 members (excludes halogenated alkanes) is 7. The average Bonchev–Trinajstić information content (AvgIpc) is 2.38. The van der Waals surface area contributed by atoms with E-state index >= 15 is 0 Å². The first-order chi connectivity index (χ1) is 8.43. The Morgan fingerprint density at radius 1 is 0.647 bits per heavy atom. The van der Waals surface area contributed by atoms with Gasteiger partial charge in [0.15, 0.2) is 0 Å². The van der Waals surface area contributed by atoms with Gasteiger partial charge in [-0.15, -0.1) is 11.6 Å². The molecule has 96 valence electrons. The average molecular weight is 253 g/mol. The third-order valence-electron chi connectivity index (χ3n) is 3.19. The highest BCUT2D eigenvalue weighted by molar-refractivity contribution is 6.17. The summed E-state index contributed by atoms with van der Waals surface area (Å²) in [7, 11) is 0. The molecule has 0 radical (unpaired) electrons. The van der Waals surface area contributed by atoms with Crippen LogP contribution in [0.5, 0.6) is 0 Å². The molecule has 0 unspecified atom stereocenters. The number of halogens is 1. The van der Waals surface area contributed by atoms with Crippen molar-refractivity contribution in [3.8, 4) is 0 Å². The summed E-state index contributed by atoms with van der Waals surface area (Å²) in [5.41, 5.74) is 1.48. The number of hydrogen-bond donors (Lipinski definition) is 0. The van der Waals surface area contributed by atoms with Crippen molar-refractivity contribution in [1.82, 2.24) is 0 Å². The molecule has 0 aliphatic carbocycles. The molecule has 0 aromatic heterocycles. The molecule has 1 heteroatoms. The molecule has 0 spiro atoms. The number of alkyl halides is 1. The van der Waals surface area contributed by atoms with Crippen LogP contribution in [0.15, 0.2) is 30.3 Å². The Labute approximate surface area is 111 Å². The van der Waals surface area contributed by atoms with E-state index in [1.807, 2.05) is 0 Å². The lowest BCUT2D eigenvalue weighted by molar-refractivity contribution is 0.576. The van der Waals surface area contributed by atoms with Crippen molar-refractivity contribution in [2.45, 2.75) is 57.8 Å². The van der Waals surface area contributed by atoms with Gasteiger partial charge in [0.25, 0.3) is 0 Å². The molecule has 0 atom stereocenters. The van der Waals surface area contributed by atoms with Crippen molar-refractivity contribution < 1.29 is 0 Å². The molecule has 1 aromatic carbocycles. The Bertz CT molecular complexity index is 255. The van der Waals surface area contributed by atoms with Crippen molar-refractivity contribution in [3.05, 3.63) is 35.9 Å². The van der Waals surface area contributed by atoms with Gasteiger partial charge in [-0.1, -0.05) is 68.9 Å². The maximum Gasteiger partial charge on any atom is 0.0223 e. The first-order valence-electron chi connectivity index (χ1n) is 7.03. The number of hydrogen-bond acceptors (Lipinski definition) is 0. The molecule has 1 rings (SSSR count). The summed E-state index contributed by atoms with van der Waals surface area (Å²) in [6.07, 6.45) is 12.0. The molecule has 0 aliphatic rings. The van der Waals surface area contributed by atoms with Crippen LogP contribution in [0.1, 0.15) is 56.9 Å². The van der Waals surface area contributed by atoms with E-state index in [9.17, 15) is 0 Å². The van der Waals surface area contributed by atoms with Crippen LogP contribution in [0.4, 0.5) is 0 Å². The Morgan fingerprint density at radius 2 is 1.18 bits per heavy atom. The van der Waals surface area contributed by atoms with Crippen molar-refractivity contribution in [2.75, 3.05) is 5.88 Å². The van der Waals surface area contributed by atoms with E-state index in [0.29, 0.717) is 0 Å². The van der Waals surface area contributed by atoms with Gasteiger partial charge in [-0.25, -0.2) is 0 Å². The minimum absolute atomic E-state index is 0.830. The van der Waals surface area contributed by atoms with Crippen LogP contribution in [0.3, 0.4) is 0 Å². The fourth-order valence-electron chi connectivity index (χ4n) is 2.13. The molecular weight excluding hydrogens is 228 g/mol. The third-order valence-corrected chi connectivity index (χ3v) is 3.46. The van der Waals surface area contributed by atoms with Crippen LogP contribution in [0, 0.1) is 0 Å². The monoisotopic (exact) mass is 252 g/mol. The second kappa shape index (κ2) is 10.7. The van der Waals surface area contributed by atoms with Crippen LogP contribution in [-0.2, 0) is 6.42 Å². The van der Waals surface area contributed by atoms with E-state index in [-0.39, 0.29) is 0 Å². The van der Waals surface area contributed by atoms with Gasteiger partial charge in [0, 0.05) is 5.88 Å². The maximum absolute atomic E-state index is 5.64. The predicted molar refractivity (Wildman–Crippen MR) is 77.8 cm³/mol. The fraction of sp³-hybridized carbons (Fsp3) is 0.625. The van der Waals surface area contributed by atoms with Gasteiger partial charge in [0.2, 0.25) is 0 Å². The lowest BCUT2D eigenvalue weighted by Gasteiger charge is -2.02. The minimum Gasteiger partial charge on any atom is -0.127 e. The van der Waals surface area contributed by atoms with Crippen LogP contribution in [0.2, 0.25) is 0 Å². The molecule has 17 heavy (non-hydrogen) atoms. The van der Waals surface area contributed by atoms with E-state index in [0.717, 1.165) is 5.88 Å². The maximum atomic E-state index is 5.64. The summed E-state index contributed by atoms with van der Waals surface area (Å²) in [4.78, 5) is 0. The van der Waals surface area contributed by atoms with Gasteiger partial charge in [-0.3, -0.25) is 0 Å². The van der Waals surface area contributed by atoms with Gasteiger partial charge in [0.05, 0.1) is 0 Å². The highest BCUT2D eigenvalue weighted by Crippen LogP contribution is 2.11. The molecule has 0 bridgehead atoms. The smallest absolute Gasteiger partial charge is 0.0223 e. The standard InChI is InChI=1S/C16H25Cl/c17-15-11-6-4-2-1-3-5-8-12-16-13-9-7-10-14-16/h7,9-10,13-14H,1-6,8,11-12,15H2. The second-order valence-electron chi connectivity index (χ2n) is 4.75. The zero-order chi connectivity index (χ0) is 12.2. The van der Waals surface area contributed by atoms with E-state index < -0.39 is 0 Å². The molecule has 1 aromatic rings. The minimum atomic E-state index is 0.830. The lowest BCUT2D eigenvalue weighted by Crippen LogP contribution is -1.86. The van der Waals surface area contributed by atoms with Crippen LogP contribution in [0.25, 0.3) is 0 Å². The SMILES string of the molecule is ClCCCCCCCCCCc1ccccc1. The molecule has 0 amide bonds. The van der Waals surface area contributed by atoms with Gasteiger partial charge in [0.1, 0.15) is 0 Å². The number of rotatable bonds is 10. The lowest BCUT2D eigenvalue weighted by atomic mass is 10.0. The molecular formula is C16H25Cl. The van der Waals surface area contributed by atoms with E-state index in [4.69, 9.17) is 11.6 Å². The molecule has 0 saturated carbocycles. The van der Waals surface area contributed by atoms with Crippen LogP contribution in [-0.4, -0.2) is 5.88 Å². The highest BCUT2D eigenvalue weighted by atomic mass is 35.5. The zero-order valence-electron chi connectivity index (χ0n) is 10.8. The van der Waals surface area contributed by atoms with E-state index in [1.54, 1.807) is 0 Å². The fourth-order valence-corrected chi connectivity index (χ4v) is 2.32. The Morgan fingerprint density at radius 3 is 1.76 bits per heavy atom. The van der Waals surface area contributed by atoms with Crippen molar-refractivity contribution in [3.63, 3.8) is 0 Å². The summed E-state index contributed by atoms with van der Waals surface area (Å²) < 4.78 is 0. The number of benzene rings is 1. The van der Waals surface area contributed by atoms with Crippen molar-refractivity contribution in [1.29, 1.82) is 0 Å². The highest BCUT2D eigenvalue weighted by Gasteiger charge is 1.94. The van der Waals surface area contributed by atoms with Gasteiger partial charge >= 0.3 is 0 Å². The topological polar surface area (TPSA) is 0 Å². The molecule has 0 heterocycles. The zero-order valence-corrected chi connectivity index (χ0v) is 11.6. The number of aryl methyl sites for hydroxylation is 1. The summed E-state index contributed by atoms with van der Waals surface area (Å²) >= 11 is 5.64. The summed E-state index contributed by atoms with van der Waals surface area (Å²) in [6.45, 7) is 0. The first-order valence-corrected chi connectivity index (χ1v) is 7.57. The van der Waals surface area contributed by atoms with Gasteiger partial charge < -0.3 is 0 Å². The molecule has 0 N–H and O–H groups in total. The summed E-state index contributed by atoms with van der Waals surface area (Å²) in [5, 5.41) is 0. The van der Waals surface area contributed by atoms with E-state index in [1.165, 1.54) is 63.4 Å². The molecule has 0 aliphatic heterocycles. The summed E-state index contributed by atoms with van der Waals surface area (Å²) in [5.74, 6) is 0.830. The predicted octanol–water partition coefficient (Wildman–Crippen LogP) is 5.59. The van der Waals surface area contributed by atoms with Gasteiger partial charge in [-0.05, 0) is 24.8 Å². The third kappa shape index (κ3) is 8.26. The van der Waals surface area contributed by atoms with Crippen LogP contribution >= 0.6 is 11.6 Å². The largest absolute Gasteiger partial charge is 0.127 e.